The van der Waals surface area contributed by atoms with Gasteiger partial charge in [-0.25, -0.2) is 4.68 Å². The maximum Gasteiger partial charge on any atom is 0.203 e. The molecule has 4 rings (SSSR count). The Bertz CT molecular complexity index is 1070. The second kappa shape index (κ2) is 8.98. The smallest absolute Gasteiger partial charge is 0.203 e. The summed E-state index contributed by atoms with van der Waals surface area (Å²) in [6, 6.07) is 9.36. The van der Waals surface area contributed by atoms with Crippen LogP contribution in [0.25, 0.3) is 16.9 Å². The van der Waals surface area contributed by atoms with E-state index in [9.17, 15) is 0 Å². The van der Waals surface area contributed by atoms with Gasteiger partial charge in [0.1, 0.15) is 17.3 Å². The van der Waals surface area contributed by atoms with Gasteiger partial charge in [0, 0.05) is 22.7 Å². The highest BCUT2D eigenvalue weighted by atomic mass is 35.5. The van der Waals surface area contributed by atoms with E-state index in [0.29, 0.717) is 28.0 Å². The van der Waals surface area contributed by atoms with Crippen molar-refractivity contribution < 1.29 is 18.9 Å². The fourth-order valence-electron chi connectivity index (χ4n) is 3.96. The molecule has 1 N–H and O–H groups in total. The number of fused-ring (bicyclic) bond motifs is 1. The van der Waals surface area contributed by atoms with Crippen molar-refractivity contribution in [1.29, 1.82) is 0 Å². The zero-order valence-electron chi connectivity index (χ0n) is 18.1. The fourth-order valence-corrected chi connectivity index (χ4v) is 4.12. The Labute approximate surface area is 186 Å². The Morgan fingerprint density at radius 2 is 1.61 bits per heavy atom. The van der Waals surface area contributed by atoms with Gasteiger partial charge < -0.3 is 24.3 Å². The van der Waals surface area contributed by atoms with Crippen molar-refractivity contribution in [2.24, 2.45) is 0 Å². The highest BCUT2D eigenvalue weighted by Gasteiger charge is 2.25. The van der Waals surface area contributed by atoms with Crippen LogP contribution in [0.4, 0.5) is 5.82 Å². The first kappa shape index (κ1) is 21.2. The number of benzene rings is 2. The third-order valence-corrected chi connectivity index (χ3v) is 5.67. The van der Waals surface area contributed by atoms with E-state index in [4.69, 9.17) is 35.6 Å². The number of rotatable bonds is 6. The lowest BCUT2D eigenvalue weighted by Gasteiger charge is -2.14. The molecule has 1 aliphatic rings. The van der Waals surface area contributed by atoms with Crippen LogP contribution < -0.4 is 24.3 Å². The number of anilines is 1. The van der Waals surface area contributed by atoms with Crippen molar-refractivity contribution >= 4 is 17.4 Å². The third-order valence-electron chi connectivity index (χ3n) is 5.44. The van der Waals surface area contributed by atoms with Crippen molar-refractivity contribution in [3.63, 3.8) is 0 Å². The van der Waals surface area contributed by atoms with Gasteiger partial charge in [-0.2, -0.15) is 5.10 Å². The van der Waals surface area contributed by atoms with Gasteiger partial charge in [-0.15, -0.1) is 0 Å². The van der Waals surface area contributed by atoms with Crippen LogP contribution in [0, 0.1) is 0 Å². The van der Waals surface area contributed by atoms with Crippen molar-refractivity contribution in [1.82, 2.24) is 9.78 Å². The molecule has 0 aliphatic carbocycles. The van der Waals surface area contributed by atoms with Crippen LogP contribution in [0.1, 0.15) is 18.4 Å². The minimum absolute atomic E-state index is 0.550. The van der Waals surface area contributed by atoms with Gasteiger partial charge in [-0.1, -0.05) is 11.6 Å². The average Bonchev–Trinajstić information content (AvgIpc) is 2.98. The predicted molar refractivity (Wildman–Crippen MR) is 122 cm³/mol. The van der Waals surface area contributed by atoms with Gasteiger partial charge >= 0.3 is 0 Å². The SMILES string of the molecule is COc1ccc(Cl)cc1-n1nc(-c2cc(OC)c(OC)c(OC)c2)c2c1NCCCC2. The summed E-state index contributed by atoms with van der Waals surface area (Å²) in [5.74, 6) is 3.36. The molecule has 3 aromatic rings. The van der Waals surface area contributed by atoms with Gasteiger partial charge in [0.2, 0.25) is 5.75 Å². The van der Waals surface area contributed by atoms with Gasteiger partial charge in [0.15, 0.2) is 11.5 Å². The van der Waals surface area contributed by atoms with Crippen molar-refractivity contribution in [3.8, 4) is 39.9 Å². The maximum absolute atomic E-state index is 6.31. The summed E-state index contributed by atoms with van der Waals surface area (Å²) in [7, 11) is 6.45. The summed E-state index contributed by atoms with van der Waals surface area (Å²) in [4.78, 5) is 0. The van der Waals surface area contributed by atoms with Crippen molar-refractivity contribution in [2.45, 2.75) is 19.3 Å². The molecule has 1 aromatic heterocycles. The first-order valence-electron chi connectivity index (χ1n) is 10.1. The third kappa shape index (κ3) is 3.85. The molecular formula is C23H26ClN3O4. The van der Waals surface area contributed by atoms with Crippen molar-refractivity contribution in [2.75, 3.05) is 40.3 Å². The highest BCUT2D eigenvalue weighted by molar-refractivity contribution is 6.30. The van der Waals surface area contributed by atoms with Crippen LogP contribution in [0.2, 0.25) is 5.02 Å². The molecule has 1 aliphatic heterocycles. The molecule has 31 heavy (non-hydrogen) atoms. The lowest BCUT2D eigenvalue weighted by atomic mass is 10.0. The predicted octanol–water partition coefficient (Wildman–Crippen LogP) is 4.98. The van der Waals surface area contributed by atoms with Gasteiger partial charge in [0.25, 0.3) is 0 Å². The van der Waals surface area contributed by atoms with Gasteiger partial charge in [0.05, 0.1) is 34.1 Å². The summed E-state index contributed by atoms with van der Waals surface area (Å²) in [5.41, 5.74) is 3.65. The van der Waals surface area contributed by atoms with E-state index >= 15 is 0 Å². The molecule has 0 unspecified atom stereocenters. The second-order valence-corrected chi connectivity index (χ2v) is 7.64. The topological polar surface area (TPSA) is 66.8 Å². The Balaban J connectivity index is 1.96. The molecule has 0 bridgehead atoms. The van der Waals surface area contributed by atoms with Gasteiger partial charge in [-0.3, -0.25) is 0 Å². The Hall–Kier alpha value is -3.06. The molecule has 2 aromatic carbocycles. The van der Waals surface area contributed by atoms with Crippen LogP contribution in [-0.4, -0.2) is 44.8 Å². The van der Waals surface area contributed by atoms with Crippen molar-refractivity contribution in [3.05, 3.63) is 40.9 Å². The van der Waals surface area contributed by atoms with Crippen LogP contribution in [0.15, 0.2) is 30.3 Å². The normalized spacial score (nSPS) is 13.1. The fraction of sp³-hybridized carbons (Fsp3) is 0.348. The van der Waals surface area contributed by atoms with Crippen LogP contribution >= 0.6 is 11.6 Å². The van der Waals surface area contributed by atoms with Crippen LogP contribution in [0.5, 0.6) is 23.0 Å². The summed E-state index contributed by atoms with van der Waals surface area (Å²) in [6.45, 7) is 0.871. The number of ether oxygens (including phenoxy) is 4. The number of nitrogens with one attached hydrogen (secondary N) is 1. The summed E-state index contributed by atoms with van der Waals surface area (Å²) in [5, 5.41) is 9.16. The second-order valence-electron chi connectivity index (χ2n) is 7.20. The maximum atomic E-state index is 6.31. The van der Waals surface area contributed by atoms with E-state index in [0.717, 1.165) is 54.1 Å². The lowest BCUT2D eigenvalue weighted by Crippen LogP contribution is -2.08. The summed E-state index contributed by atoms with van der Waals surface area (Å²) < 4.78 is 24.1. The largest absolute Gasteiger partial charge is 0.494 e. The Kier molecular flexibility index (Phi) is 6.13. The van der Waals surface area contributed by atoms with E-state index in [-0.39, 0.29) is 0 Å². The number of methoxy groups -OCH3 is 4. The van der Waals surface area contributed by atoms with Crippen LogP contribution in [-0.2, 0) is 6.42 Å². The quantitative estimate of drug-likeness (QED) is 0.579. The number of hydrogen-bond donors (Lipinski definition) is 1. The van der Waals surface area contributed by atoms with E-state index in [2.05, 4.69) is 5.32 Å². The van der Waals surface area contributed by atoms with Gasteiger partial charge in [-0.05, 0) is 49.6 Å². The lowest BCUT2D eigenvalue weighted by molar-refractivity contribution is 0.324. The first-order chi connectivity index (χ1) is 15.1. The highest BCUT2D eigenvalue weighted by Crippen LogP contribution is 2.44. The number of hydrogen-bond acceptors (Lipinski definition) is 6. The zero-order chi connectivity index (χ0) is 22.0. The first-order valence-corrected chi connectivity index (χ1v) is 10.5. The van der Waals surface area contributed by atoms with E-state index in [1.165, 1.54) is 0 Å². The molecule has 0 saturated carbocycles. The summed E-state index contributed by atoms with van der Waals surface area (Å²) >= 11 is 6.31. The minimum Gasteiger partial charge on any atom is -0.494 e. The standard InChI is InChI=1S/C23H26ClN3O4/c1-28-18-9-8-15(24)13-17(18)27-23-16(7-5-6-10-25-23)21(26-27)14-11-19(29-2)22(31-4)20(12-14)30-3/h8-9,11-13,25H,5-7,10H2,1-4H3. The molecule has 7 nitrogen and oxygen atoms in total. The molecule has 0 atom stereocenters. The monoisotopic (exact) mass is 443 g/mol. The zero-order valence-corrected chi connectivity index (χ0v) is 18.9. The molecule has 8 heteroatoms. The van der Waals surface area contributed by atoms with E-state index in [1.807, 2.05) is 28.9 Å². The molecule has 2 heterocycles. The molecule has 0 spiro atoms. The van der Waals surface area contributed by atoms with E-state index in [1.54, 1.807) is 34.5 Å². The molecule has 0 amide bonds. The Morgan fingerprint density at radius 3 is 2.26 bits per heavy atom. The molecule has 164 valence electrons. The molecule has 0 saturated heterocycles. The molecule has 0 radical (unpaired) electrons. The van der Waals surface area contributed by atoms with Crippen LogP contribution in [0.3, 0.4) is 0 Å². The minimum atomic E-state index is 0.550. The van der Waals surface area contributed by atoms with E-state index < -0.39 is 0 Å². The molecule has 0 fully saturated rings. The Morgan fingerprint density at radius 1 is 0.903 bits per heavy atom. The number of halogens is 1. The number of aromatic nitrogens is 2. The summed E-state index contributed by atoms with van der Waals surface area (Å²) in [6.07, 6.45) is 3.04. The number of nitrogens with zero attached hydrogens (tertiary/aromatic N) is 2. The average molecular weight is 444 g/mol. The molecular weight excluding hydrogens is 418 g/mol.